The van der Waals surface area contributed by atoms with Crippen LogP contribution in [0.1, 0.15) is 63.9 Å². The van der Waals surface area contributed by atoms with E-state index in [4.69, 9.17) is 0 Å². The molecule has 0 amide bonds. The summed E-state index contributed by atoms with van der Waals surface area (Å²) in [6.45, 7) is 2.28. The zero-order chi connectivity index (χ0) is 14.8. The van der Waals surface area contributed by atoms with Gasteiger partial charge in [0.25, 0.3) is 0 Å². The van der Waals surface area contributed by atoms with Gasteiger partial charge in [-0.2, -0.15) is 0 Å². The molecule has 0 nitrogen and oxygen atoms in total. The third-order valence-electron chi connectivity index (χ3n) is 4.06. The number of benzene rings is 2. The SMILES string of the molecule is CCCCCCCCC/C=C/c1ccc2ccccc2c1. The van der Waals surface area contributed by atoms with E-state index in [2.05, 4.69) is 61.5 Å². The molecule has 0 radical (unpaired) electrons. The maximum Gasteiger partial charge on any atom is -0.0178 e. The van der Waals surface area contributed by atoms with Gasteiger partial charge in [0.05, 0.1) is 0 Å². The highest BCUT2D eigenvalue weighted by molar-refractivity contribution is 5.84. The number of hydrogen-bond donors (Lipinski definition) is 0. The predicted molar refractivity (Wildman–Crippen MR) is 95.6 cm³/mol. The molecule has 2 rings (SSSR count). The van der Waals surface area contributed by atoms with Gasteiger partial charge in [0, 0.05) is 0 Å². The maximum absolute atomic E-state index is 2.33. The third-order valence-corrected chi connectivity index (χ3v) is 4.06. The first kappa shape index (κ1) is 15.8. The lowest BCUT2D eigenvalue weighted by atomic mass is 10.1. The van der Waals surface area contributed by atoms with Crippen molar-refractivity contribution in [3.63, 3.8) is 0 Å². The Balaban J connectivity index is 1.68. The second kappa shape index (κ2) is 9.39. The first-order valence-corrected chi connectivity index (χ1v) is 8.55. The molecule has 0 saturated heterocycles. The van der Waals surface area contributed by atoms with E-state index in [0.717, 1.165) is 0 Å². The lowest BCUT2D eigenvalue weighted by Gasteiger charge is -2.00. The van der Waals surface area contributed by atoms with Gasteiger partial charge in [-0.15, -0.1) is 0 Å². The van der Waals surface area contributed by atoms with Gasteiger partial charge >= 0.3 is 0 Å². The second-order valence-corrected chi connectivity index (χ2v) is 5.92. The van der Waals surface area contributed by atoms with Crippen molar-refractivity contribution in [3.05, 3.63) is 54.1 Å². The van der Waals surface area contributed by atoms with E-state index in [-0.39, 0.29) is 0 Å². The van der Waals surface area contributed by atoms with E-state index in [9.17, 15) is 0 Å². The van der Waals surface area contributed by atoms with Gasteiger partial charge in [-0.3, -0.25) is 0 Å². The summed E-state index contributed by atoms with van der Waals surface area (Å²) < 4.78 is 0. The van der Waals surface area contributed by atoms with Crippen LogP contribution in [0.15, 0.2) is 48.5 Å². The summed E-state index contributed by atoms with van der Waals surface area (Å²) in [6, 6.07) is 15.2. The Bertz CT molecular complexity index is 551. The molecule has 2 aromatic carbocycles. The number of fused-ring (bicyclic) bond motifs is 1. The van der Waals surface area contributed by atoms with Crippen LogP contribution in [0.5, 0.6) is 0 Å². The molecule has 0 N–H and O–H groups in total. The van der Waals surface area contributed by atoms with Crippen molar-refractivity contribution in [3.8, 4) is 0 Å². The van der Waals surface area contributed by atoms with Crippen LogP contribution in [0.3, 0.4) is 0 Å². The predicted octanol–water partition coefficient (Wildman–Crippen LogP) is 6.99. The summed E-state index contributed by atoms with van der Waals surface area (Å²) in [6.07, 6.45) is 15.5. The summed E-state index contributed by atoms with van der Waals surface area (Å²) in [5, 5.41) is 2.65. The molecule has 0 spiro atoms. The number of allylic oxidation sites excluding steroid dienone is 1. The normalized spacial score (nSPS) is 11.5. The van der Waals surface area contributed by atoms with Crippen molar-refractivity contribution >= 4 is 16.8 Å². The van der Waals surface area contributed by atoms with Gasteiger partial charge in [0.15, 0.2) is 0 Å². The zero-order valence-electron chi connectivity index (χ0n) is 13.4. The van der Waals surface area contributed by atoms with Crippen LogP contribution >= 0.6 is 0 Å². The fourth-order valence-electron chi connectivity index (χ4n) is 2.75. The Hall–Kier alpha value is -1.56. The van der Waals surface area contributed by atoms with Crippen LogP contribution in [0, 0.1) is 0 Å². The van der Waals surface area contributed by atoms with Gasteiger partial charge in [0.1, 0.15) is 0 Å². The molecule has 112 valence electrons. The molecule has 0 bridgehead atoms. The molecule has 0 fully saturated rings. The third kappa shape index (κ3) is 5.75. The minimum atomic E-state index is 1.21. The number of unbranched alkanes of at least 4 members (excludes halogenated alkanes) is 7. The molecule has 0 aliphatic rings. The lowest BCUT2D eigenvalue weighted by Crippen LogP contribution is -1.79. The molecule has 0 heterocycles. The molecule has 0 heteroatoms. The van der Waals surface area contributed by atoms with Crippen molar-refractivity contribution < 1.29 is 0 Å². The van der Waals surface area contributed by atoms with E-state index < -0.39 is 0 Å². The van der Waals surface area contributed by atoms with Crippen molar-refractivity contribution in [2.75, 3.05) is 0 Å². The van der Waals surface area contributed by atoms with Gasteiger partial charge in [0.2, 0.25) is 0 Å². The topological polar surface area (TPSA) is 0 Å². The summed E-state index contributed by atoms with van der Waals surface area (Å²) in [5.74, 6) is 0. The standard InChI is InChI=1S/C21H28/c1-2-3-4-5-6-7-8-9-10-13-19-16-17-20-14-11-12-15-21(20)18-19/h10-18H,2-9H2,1H3/b13-10+. The maximum atomic E-state index is 2.33. The minimum Gasteiger partial charge on any atom is -0.0839 e. The average molecular weight is 280 g/mol. The Morgan fingerprint density at radius 1 is 0.762 bits per heavy atom. The van der Waals surface area contributed by atoms with Crippen molar-refractivity contribution in [1.29, 1.82) is 0 Å². The average Bonchev–Trinajstić information content (AvgIpc) is 2.53. The molecule has 0 aromatic heterocycles. The van der Waals surface area contributed by atoms with Crippen LogP contribution in [-0.2, 0) is 0 Å². The highest BCUT2D eigenvalue weighted by Crippen LogP contribution is 2.17. The summed E-state index contributed by atoms with van der Waals surface area (Å²) in [5.41, 5.74) is 1.32. The highest BCUT2D eigenvalue weighted by atomic mass is 14.0. The smallest absolute Gasteiger partial charge is 0.0178 e. The largest absolute Gasteiger partial charge is 0.0839 e. The molecular weight excluding hydrogens is 252 g/mol. The summed E-state index contributed by atoms with van der Waals surface area (Å²) >= 11 is 0. The molecule has 0 aliphatic heterocycles. The van der Waals surface area contributed by atoms with Crippen molar-refractivity contribution in [2.24, 2.45) is 0 Å². The Labute approximate surface area is 129 Å². The Morgan fingerprint density at radius 2 is 1.48 bits per heavy atom. The van der Waals surface area contributed by atoms with E-state index in [0.29, 0.717) is 0 Å². The van der Waals surface area contributed by atoms with Crippen LogP contribution in [0.25, 0.3) is 16.8 Å². The molecule has 0 unspecified atom stereocenters. The lowest BCUT2D eigenvalue weighted by molar-refractivity contribution is 0.592. The fraction of sp³-hybridized carbons (Fsp3) is 0.429. The van der Waals surface area contributed by atoms with E-state index >= 15 is 0 Å². The second-order valence-electron chi connectivity index (χ2n) is 5.92. The van der Waals surface area contributed by atoms with Gasteiger partial charge in [-0.1, -0.05) is 94.0 Å². The quantitative estimate of drug-likeness (QED) is 0.434. The van der Waals surface area contributed by atoms with Crippen molar-refractivity contribution in [2.45, 2.75) is 58.3 Å². The molecule has 0 atom stereocenters. The molecule has 0 saturated carbocycles. The van der Waals surface area contributed by atoms with Gasteiger partial charge < -0.3 is 0 Å². The molecule has 21 heavy (non-hydrogen) atoms. The van der Waals surface area contributed by atoms with E-state index in [1.807, 2.05) is 0 Å². The monoisotopic (exact) mass is 280 g/mol. The Kier molecular flexibility index (Phi) is 7.07. The first-order chi connectivity index (χ1) is 10.4. The molecule has 0 aliphatic carbocycles. The number of hydrogen-bond acceptors (Lipinski definition) is 0. The van der Waals surface area contributed by atoms with E-state index in [1.54, 1.807) is 0 Å². The van der Waals surface area contributed by atoms with E-state index in [1.165, 1.54) is 67.7 Å². The summed E-state index contributed by atoms with van der Waals surface area (Å²) in [4.78, 5) is 0. The van der Waals surface area contributed by atoms with Gasteiger partial charge in [-0.25, -0.2) is 0 Å². The summed E-state index contributed by atoms with van der Waals surface area (Å²) in [7, 11) is 0. The van der Waals surface area contributed by atoms with Crippen LogP contribution in [-0.4, -0.2) is 0 Å². The molecule has 2 aromatic rings. The first-order valence-electron chi connectivity index (χ1n) is 8.55. The zero-order valence-corrected chi connectivity index (χ0v) is 13.4. The van der Waals surface area contributed by atoms with Crippen molar-refractivity contribution in [1.82, 2.24) is 0 Å². The van der Waals surface area contributed by atoms with Gasteiger partial charge in [-0.05, 0) is 35.2 Å². The highest BCUT2D eigenvalue weighted by Gasteiger charge is 1.93. The van der Waals surface area contributed by atoms with Crippen LogP contribution < -0.4 is 0 Å². The Morgan fingerprint density at radius 3 is 2.29 bits per heavy atom. The fourth-order valence-corrected chi connectivity index (χ4v) is 2.75. The number of rotatable bonds is 9. The minimum absolute atomic E-state index is 1.21. The van der Waals surface area contributed by atoms with Crippen LogP contribution in [0.4, 0.5) is 0 Å². The molecular formula is C21H28. The van der Waals surface area contributed by atoms with Crippen LogP contribution in [0.2, 0.25) is 0 Å².